The van der Waals surface area contributed by atoms with E-state index in [-0.39, 0.29) is 0 Å². The second kappa shape index (κ2) is 10.3. The van der Waals surface area contributed by atoms with Crippen LogP contribution < -0.4 is 0 Å². The Hall–Kier alpha value is 0.450. The summed E-state index contributed by atoms with van der Waals surface area (Å²) in [4.78, 5) is 13.6. The van der Waals surface area contributed by atoms with Gasteiger partial charge in [0, 0.05) is 35.3 Å². The van der Waals surface area contributed by atoms with Gasteiger partial charge in [0.05, 0.1) is 0 Å². The molecule has 0 spiro atoms. The van der Waals surface area contributed by atoms with Crippen molar-refractivity contribution in [3.8, 4) is 0 Å². The first kappa shape index (κ1) is 16.5. The molecule has 6 heteroatoms. The van der Waals surface area contributed by atoms with Gasteiger partial charge in [0.2, 0.25) is 0 Å². The number of rotatable bonds is 9. The first-order chi connectivity index (χ1) is 8.80. The first-order valence-corrected chi connectivity index (χ1v) is 9.57. The molecule has 0 saturated heterocycles. The van der Waals surface area contributed by atoms with Gasteiger partial charge in [-0.2, -0.15) is 0 Å². The van der Waals surface area contributed by atoms with Crippen LogP contribution in [0, 0.1) is 0 Å². The molecule has 0 aliphatic heterocycles. The lowest BCUT2D eigenvalue weighted by Gasteiger charge is -2.06. The quantitative estimate of drug-likeness (QED) is 0.544. The van der Waals surface area contributed by atoms with Crippen molar-refractivity contribution in [2.45, 2.75) is 38.5 Å². The lowest BCUT2D eigenvalue weighted by atomic mass is 10.2. The largest absolute Gasteiger partial charge is 0.218 e. The average molecular weight is 444 g/mol. The summed E-state index contributed by atoms with van der Waals surface area (Å²) in [5.41, 5.74) is 0. The Morgan fingerprint density at radius 3 is 1.06 bits per heavy atom. The predicted octanol–water partition coefficient (Wildman–Crippen LogP) is 3.85. The fraction of sp³-hybridized carbons (Fsp3) is 0.750. The average Bonchev–Trinajstić information content (AvgIpc) is 2.40. The summed E-state index contributed by atoms with van der Waals surface area (Å²) < 4.78 is 0. The van der Waals surface area contributed by atoms with Crippen LogP contribution in [0.15, 0.2) is 0 Å². The summed E-state index contributed by atoms with van der Waals surface area (Å²) in [7, 11) is 0. The lowest BCUT2D eigenvalue weighted by molar-refractivity contribution is 0.712. The van der Waals surface area contributed by atoms with Crippen LogP contribution in [0.3, 0.4) is 0 Å². The lowest BCUT2D eigenvalue weighted by Crippen LogP contribution is -2.09. The third-order valence-corrected chi connectivity index (χ3v) is 4.06. The van der Waals surface area contributed by atoms with Gasteiger partial charge >= 0.3 is 0 Å². The Balaban J connectivity index is 2.74. The fourth-order valence-electron chi connectivity index (χ4n) is 1.53. The molecule has 0 N–H and O–H groups in total. The minimum atomic E-state index is 0.927. The second-order valence-electron chi connectivity index (χ2n) is 3.96. The van der Waals surface area contributed by atoms with E-state index in [0.29, 0.717) is 0 Å². The van der Waals surface area contributed by atoms with Gasteiger partial charge in [-0.25, -0.2) is 15.0 Å². The molecule has 0 unspecified atom stereocenters. The Kier molecular flexibility index (Phi) is 9.41. The summed E-state index contributed by atoms with van der Waals surface area (Å²) in [5, 5.41) is 2.98. The van der Waals surface area contributed by atoms with Crippen molar-refractivity contribution in [1.29, 1.82) is 0 Å². The third-order valence-electron chi connectivity index (χ3n) is 2.38. The van der Waals surface area contributed by atoms with Gasteiger partial charge in [0.1, 0.15) is 17.5 Å². The van der Waals surface area contributed by atoms with Crippen molar-refractivity contribution in [2.75, 3.05) is 16.0 Å². The van der Waals surface area contributed by atoms with E-state index in [9.17, 15) is 0 Å². The van der Waals surface area contributed by atoms with Gasteiger partial charge in [-0.15, -0.1) is 0 Å². The monoisotopic (exact) mass is 441 g/mol. The SMILES string of the molecule is BrCCCc1nc(CCCBr)nc(CCCBr)n1. The molecule has 102 valence electrons. The van der Waals surface area contributed by atoms with Gasteiger partial charge in [0.25, 0.3) is 0 Å². The molecular formula is C12H18Br3N3. The zero-order valence-corrected chi connectivity index (χ0v) is 15.1. The van der Waals surface area contributed by atoms with Crippen LogP contribution in [0.4, 0.5) is 0 Å². The Morgan fingerprint density at radius 1 is 0.556 bits per heavy atom. The molecule has 0 saturated carbocycles. The van der Waals surface area contributed by atoms with Crippen molar-refractivity contribution >= 4 is 47.8 Å². The maximum atomic E-state index is 4.54. The van der Waals surface area contributed by atoms with E-state index in [1.807, 2.05) is 0 Å². The molecule has 1 heterocycles. The molecule has 0 bridgehead atoms. The van der Waals surface area contributed by atoms with Crippen LogP contribution in [0.5, 0.6) is 0 Å². The van der Waals surface area contributed by atoms with E-state index in [0.717, 1.165) is 72.0 Å². The minimum absolute atomic E-state index is 0.927. The summed E-state index contributed by atoms with van der Waals surface area (Å²) >= 11 is 10.3. The van der Waals surface area contributed by atoms with Crippen molar-refractivity contribution < 1.29 is 0 Å². The van der Waals surface area contributed by atoms with Crippen LogP contribution in [0.25, 0.3) is 0 Å². The molecule has 0 fully saturated rings. The van der Waals surface area contributed by atoms with Gasteiger partial charge in [-0.05, 0) is 19.3 Å². The number of aryl methyl sites for hydroxylation is 3. The van der Waals surface area contributed by atoms with E-state index < -0.39 is 0 Å². The van der Waals surface area contributed by atoms with Crippen molar-refractivity contribution in [1.82, 2.24) is 15.0 Å². The van der Waals surface area contributed by atoms with Crippen LogP contribution in [0.2, 0.25) is 0 Å². The molecule has 0 aliphatic rings. The number of hydrogen-bond acceptors (Lipinski definition) is 3. The first-order valence-electron chi connectivity index (χ1n) is 6.20. The zero-order valence-electron chi connectivity index (χ0n) is 10.3. The number of hydrogen-bond donors (Lipinski definition) is 0. The minimum Gasteiger partial charge on any atom is -0.218 e. The van der Waals surface area contributed by atoms with Crippen LogP contribution >= 0.6 is 47.8 Å². The molecular weight excluding hydrogens is 426 g/mol. The van der Waals surface area contributed by atoms with E-state index in [4.69, 9.17) is 0 Å². The number of nitrogens with zero attached hydrogens (tertiary/aromatic N) is 3. The number of halogens is 3. The van der Waals surface area contributed by atoms with Gasteiger partial charge in [-0.3, -0.25) is 0 Å². The Labute approximate surface area is 134 Å². The topological polar surface area (TPSA) is 38.7 Å². The molecule has 1 aromatic heterocycles. The molecule has 0 radical (unpaired) electrons. The maximum Gasteiger partial charge on any atom is 0.132 e. The smallest absolute Gasteiger partial charge is 0.132 e. The van der Waals surface area contributed by atoms with E-state index in [1.165, 1.54) is 0 Å². The zero-order chi connectivity index (χ0) is 13.2. The highest BCUT2D eigenvalue weighted by molar-refractivity contribution is 9.09. The van der Waals surface area contributed by atoms with Crippen molar-refractivity contribution in [3.05, 3.63) is 17.5 Å². The number of alkyl halides is 3. The van der Waals surface area contributed by atoms with Gasteiger partial charge < -0.3 is 0 Å². The summed E-state index contributed by atoms with van der Waals surface area (Å²) in [6.45, 7) is 0. The van der Waals surface area contributed by atoms with Crippen LogP contribution in [0.1, 0.15) is 36.7 Å². The maximum absolute atomic E-state index is 4.54. The van der Waals surface area contributed by atoms with Gasteiger partial charge in [0.15, 0.2) is 0 Å². The van der Waals surface area contributed by atoms with E-state index in [2.05, 4.69) is 62.7 Å². The van der Waals surface area contributed by atoms with Crippen LogP contribution in [-0.4, -0.2) is 30.9 Å². The van der Waals surface area contributed by atoms with Crippen molar-refractivity contribution in [2.24, 2.45) is 0 Å². The molecule has 3 nitrogen and oxygen atoms in total. The van der Waals surface area contributed by atoms with Crippen molar-refractivity contribution in [3.63, 3.8) is 0 Å². The molecule has 0 aliphatic carbocycles. The normalized spacial score (nSPS) is 10.8. The third kappa shape index (κ3) is 6.57. The highest BCUT2D eigenvalue weighted by Crippen LogP contribution is 2.06. The molecule has 0 atom stereocenters. The van der Waals surface area contributed by atoms with E-state index >= 15 is 0 Å². The summed E-state index contributed by atoms with van der Waals surface area (Å²) in [5.74, 6) is 2.83. The Morgan fingerprint density at radius 2 is 0.833 bits per heavy atom. The predicted molar refractivity (Wildman–Crippen MR) is 86.2 cm³/mol. The molecule has 1 aromatic rings. The van der Waals surface area contributed by atoms with Crippen LogP contribution in [-0.2, 0) is 19.3 Å². The summed E-state index contributed by atoms with van der Waals surface area (Å²) in [6.07, 6.45) is 5.99. The molecule has 0 aromatic carbocycles. The summed E-state index contributed by atoms with van der Waals surface area (Å²) in [6, 6.07) is 0. The highest BCUT2D eigenvalue weighted by atomic mass is 79.9. The molecule has 1 rings (SSSR count). The standard InChI is InChI=1S/C12H18Br3N3/c13-7-1-4-10-16-11(5-2-8-14)18-12(17-10)6-3-9-15/h1-9H2. The number of aromatic nitrogens is 3. The fourth-order valence-corrected chi connectivity index (χ4v) is 2.37. The van der Waals surface area contributed by atoms with Gasteiger partial charge in [-0.1, -0.05) is 47.8 Å². The Bertz CT molecular complexity index is 283. The molecule has 0 amide bonds. The second-order valence-corrected chi connectivity index (χ2v) is 6.34. The van der Waals surface area contributed by atoms with E-state index in [1.54, 1.807) is 0 Å². The highest BCUT2D eigenvalue weighted by Gasteiger charge is 2.06. The molecule has 18 heavy (non-hydrogen) atoms.